The molecular formula is C34H46Cl3N3O3S. The van der Waals surface area contributed by atoms with Crippen LogP contribution < -0.4 is 15.4 Å². The van der Waals surface area contributed by atoms with Gasteiger partial charge in [0.25, 0.3) is 0 Å². The largest absolute Gasteiger partial charge is 0.453 e. The summed E-state index contributed by atoms with van der Waals surface area (Å²) in [5.41, 5.74) is 6.89. The van der Waals surface area contributed by atoms with Crippen molar-refractivity contribution < 1.29 is 13.7 Å². The Morgan fingerprint density at radius 3 is 1.39 bits per heavy atom. The molecule has 0 fully saturated rings. The highest BCUT2D eigenvalue weighted by molar-refractivity contribution is 8.00. The fourth-order valence-electron chi connectivity index (χ4n) is 3.98. The Labute approximate surface area is 279 Å². The van der Waals surface area contributed by atoms with Gasteiger partial charge in [0.05, 0.1) is 7.11 Å². The van der Waals surface area contributed by atoms with Crippen molar-refractivity contribution >= 4 is 73.5 Å². The van der Waals surface area contributed by atoms with Gasteiger partial charge in [0.2, 0.25) is 0 Å². The summed E-state index contributed by atoms with van der Waals surface area (Å²) in [6.45, 7) is 18.3. The quantitative estimate of drug-likeness (QED) is 0.207. The van der Waals surface area contributed by atoms with Gasteiger partial charge in [-0.25, -0.2) is 9.00 Å². The third-order valence-corrected chi connectivity index (χ3v) is 7.36. The number of hydrogen-bond donors (Lipinski definition) is 3. The SMILES string of the molecule is C=C(C)Nc1ccc(Cl)cc1C(C)C.C=S(C)(=O)Nc1ccc(Cl)cc1C(C)C.COC(=O)Nc1ccc(Cl)cc1C(C)C. The molecule has 0 saturated heterocycles. The zero-order valence-electron chi connectivity index (χ0n) is 27.1. The smallest absolute Gasteiger partial charge is 0.411 e. The molecule has 10 heteroatoms. The van der Waals surface area contributed by atoms with Crippen LogP contribution in [0.4, 0.5) is 21.9 Å². The van der Waals surface area contributed by atoms with E-state index in [1.807, 2.05) is 57.2 Å². The van der Waals surface area contributed by atoms with E-state index in [0.717, 1.165) is 38.9 Å². The summed E-state index contributed by atoms with van der Waals surface area (Å²) in [5, 5.41) is 8.01. The molecule has 3 rings (SSSR count). The molecule has 0 heterocycles. The molecule has 1 atom stereocenters. The van der Waals surface area contributed by atoms with Crippen molar-refractivity contribution in [3.8, 4) is 0 Å². The monoisotopic (exact) mass is 681 g/mol. The lowest BCUT2D eigenvalue weighted by Crippen LogP contribution is -2.12. The van der Waals surface area contributed by atoms with Crippen LogP contribution in [0.3, 0.4) is 0 Å². The summed E-state index contributed by atoms with van der Waals surface area (Å²) in [5.74, 6) is 4.64. The van der Waals surface area contributed by atoms with Gasteiger partial charge in [0, 0.05) is 53.8 Å². The average Bonchev–Trinajstić information content (AvgIpc) is 2.91. The zero-order chi connectivity index (χ0) is 33.8. The molecule has 3 N–H and O–H groups in total. The minimum absolute atomic E-state index is 0.288. The molecule has 0 aliphatic heterocycles. The molecular weight excluding hydrogens is 637 g/mol. The van der Waals surface area contributed by atoms with E-state index in [4.69, 9.17) is 34.8 Å². The minimum atomic E-state index is -2.24. The standard InChI is InChI=1S/C12H16ClN.C11H14ClNO2.C11H16ClNOS/c1-8(2)11-7-10(13)5-6-12(11)14-9(3)4;1-7(2)9-6-8(12)4-5-10(9)13-11(14)15-3;1-8(2)10-7-9(12)5-6-11(10)13-15(3,4)14/h5-8,14H,3H2,1-2,4H3;4-7H,1-3H3,(H,13,14);5-8H,3H2,1-2,4H3,(H,13,14). The molecule has 242 valence electrons. The fourth-order valence-corrected chi connectivity index (χ4v) is 5.17. The number of allylic oxidation sites excluding steroid dienone is 1. The van der Waals surface area contributed by atoms with E-state index in [1.54, 1.807) is 24.5 Å². The highest BCUT2D eigenvalue weighted by Gasteiger charge is 2.11. The maximum Gasteiger partial charge on any atom is 0.411 e. The molecule has 6 nitrogen and oxygen atoms in total. The molecule has 0 aliphatic rings. The van der Waals surface area contributed by atoms with Crippen LogP contribution in [-0.2, 0) is 14.4 Å². The molecule has 0 aromatic heterocycles. The first-order valence-electron chi connectivity index (χ1n) is 14.1. The van der Waals surface area contributed by atoms with Crippen LogP contribution in [0, 0.1) is 0 Å². The van der Waals surface area contributed by atoms with E-state index in [1.165, 1.54) is 12.7 Å². The summed E-state index contributed by atoms with van der Waals surface area (Å²) in [4.78, 5) is 11.1. The van der Waals surface area contributed by atoms with Crippen molar-refractivity contribution in [2.75, 3.05) is 28.7 Å². The van der Waals surface area contributed by atoms with Gasteiger partial charge >= 0.3 is 6.09 Å². The predicted molar refractivity (Wildman–Crippen MR) is 196 cm³/mol. The van der Waals surface area contributed by atoms with Crippen molar-refractivity contribution in [3.63, 3.8) is 0 Å². The van der Waals surface area contributed by atoms with Crippen molar-refractivity contribution in [2.45, 2.75) is 66.2 Å². The maximum atomic E-state index is 11.6. The van der Waals surface area contributed by atoms with Gasteiger partial charge in [0.1, 0.15) is 0 Å². The average molecular weight is 683 g/mol. The maximum absolute atomic E-state index is 11.6. The Morgan fingerprint density at radius 1 is 0.727 bits per heavy atom. The van der Waals surface area contributed by atoms with Gasteiger partial charge in [0.15, 0.2) is 0 Å². The molecule has 0 bridgehead atoms. The van der Waals surface area contributed by atoms with E-state index in [-0.39, 0.29) is 5.92 Å². The lowest BCUT2D eigenvalue weighted by molar-refractivity contribution is 0.187. The number of rotatable bonds is 8. The Balaban J connectivity index is 0.000000330. The van der Waals surface area contributed by atoms with Crippen molar-refractivity contribution in [1.29, 1.82) is 0 Å². The number of methoxy groups -OCH3 is 1. The number of anilines is 3. The van der Waals surface area contributed by atoms with Crippen LogP contribution in [0.15, 0.2) is 66.9 Å². The van der Waals surface area contributed by atoms with Crippen molar-refractivity contribution in [3.05, 3.63) is 98.6 Å². The first-order chi connectivity index (χ1) is 20.3. The van der Waals surface area contributed by atoms with Crippen LogP contribution in [0.2, 0.25) is 15.1 Å². The lowest BCUT2D eigenvalue weighted by atomic mass is 10.0. The molecule has 3 aromatic carbocycles. The van der Waals surface area contributed by atoms with E-state index < -0.39 is 15.8 Å². The van der Waals surface area contributed by atoms with Crippen molar-refractivity contribution in [1.82, 2.24) is 0 Å². The van der Waals surface area contributed by atoms with Gasteiger partial charge in [-0.05, 0) is 102 Å². The van der Waals surface area contributed by atoms with E-state index >= 15 is 0 Å². The van der Waals surface area contributed by atoms with Gasteiger partial charge in [-0.15, -0.1) is 0 Å². The predicted octanol–water partition coefficient (Wildman–Crippen LogP) is 11.2. The third kappa shape index (κ3) is 14.3. The van der Waals surface area contributed by atoms with Gasteiger partial charge in [-0.1, -0.05) is 82.9 Å². The summed E-state index contributed by atoms with van der Waals surface area (Å²) in [7, 11) is -0.905. The summed E-state index contributed by atoms with van der Waals surface area (Å²) in [6.07, 6.45) is 1.10. The van der Waals surface area contributed by atoms with E-state index in [9.17, 15) is 9.00 Å². The van der Waals surface area contributed by atoms with Gasteiger partial charge in [-0.3, -0.25) is 5.32 Å². The van der Waals surface area contributed by atoms with Crippen molar-refractivity contribution in [2.24, 2.45) is 0 Å². The second kappa shape index (κ2) is 18.2. The molecule has 0 saturated carbocycles. The molecule has 1 amide bonds. The molecule has 0 spiro atoms. The first-order valence-corrected chi connectivity index (χ1v) is 17.4. The number of hydrogen-bond acceptors (Lipinski definition) is 4. The number of nitrogens with one attached hydrogen (secondary N) is 3. The third-order valence-electron chi connectivity index (χ3n) is 6.00. The number of ether oxygens (including phenoxy) is 1. The Hall–Kier alpha value is -2.84. The Morgan fingerprint density at radius 2 is 1.07 bits per heavy atom. The summed E-state index contributed by atoms with van der Waals surface area (Å²) in [6, 6.07) is 16.7. The molecule has 44 heavy (non-hydrogen) atoms. The van der Waals surface area contributed by atoms with Crippen LogP contribution >= 0.6 is 34.8 Å². The number of benzene rings is 3. The minimum Gasteiger partial charge on any atom is -0.453 e. The number of amides is 1. The van der Waals surface area contributed by atoms with Crippen LogP contribution in [-0.4, -0.2) is 29.5 Å². The molecule has 0 aliphatic carbocycles. The highest BCUT2D eigenvalue weighted by Crippen LogP contribution is 2.30. The van der Waals surface area contributed by atoms with Crippen LogP contribution in [0.1, 0.15) is 82.9 Å². The highest BCUT2D eigenvalue weighted by atomic mass is 35.5. The zero-order valence-corrected chi connectivity index (χ0v) is 30.2. The Kier molecular flexibility index (Phi) is 16.2. The van der Waals surface area contributed by atoms with Gasteiger partial charge < -0.3 is 14.8 Å². The molecule has 1 unspecified atom stereocenters. The topological polar surface area (TPSA) is 79.5 Å². The summed E-state index contributed by atoms with van der Waals surface area (Å²) < 4.78 is 19.0. The van der Waals surface area contributed by atoms with Crippen LogP contribution in [0.5, 0.6) is 0 Å². The normalized spacial score (nSPS) is 11.9. The second-order valence-electron chi connectivity index (χ2n) is 11.3. The van der Waals surface area contributed by atoms with E-state index in [2.05, 4.69) is 60.2 Å². The van der Waals surface area contributed by atoms with Gasteiger partial charge in [-0.2, -0.15) is 0 Å². The van der Waals surface area contributed by atoms with Crippen LogP contribution in [0.25, 0.3) is 0 Å². The summed E-state index contributed by atoms with van der Waals surface area (Å²) >= 11 is 17.8. The molecule has 3 aromatic rings. The number of halogens is 3. The Bertz CT molecular complexity index is 1520. The fraction of sp³-hybridized carbons (Fsp3) is 0.353. The molecule has 0 radical (unpaired) electrons. The first kappa shape index (κ1) is 39.2. The number of carbonyl (C=O) groups excluding carboxylic acids is 1. The van der Waals surface area contributed by atoms with E-state index in [0.29, 0.717) is 21.9 Å². The second-order valence-corrected chi connectivity index (χ2v) is 14.8. The lowest BCUT2D eigenvalue weighted by Gasteiger charge is -2.15. The number of carbonyl (C=O) groups is 1.